The molecule has 126 valence electrons. The highest BCUT2D eigenvalue weighted by atomic mass is 16.6. The Morgan fingerprint density at radius 2 is 2.12 bits per heavy atom. The van der Waals surface area contributed by atoms with E-state index in [9.17, 15) is 9.59 Å². The average Bonchev–Trinajstić information content (AvgIpc) is 3.11. The lowest BCUT2D eigenvalue weighted by Crippen LogP contribution is -2.39. The molecular weight excluding hydrogens is 312 g/mol. The van der Waals surface area contributed by atoms with E-state index in [1.54, 1.807) is 4.90 Å². The van der Waals surface area contributed by atoms with Gasteiger partial charge in [0.05, 0.1) is 0 Å². The number of oxazole rings is 1. The molecule has 0 spiro atoms. The van der Waals surface area contributed by atoms with Crippen LogP contribution >= 0.6 is 0 Å². The number of ether oxygens (including phenoxy) is 1. The summed E-state index contributed by atoms with van der Waals surface area (Å²) in [5, 5.41) is 9.14. The number of piperidine rings is 1. The summed E-state index contributed by atoms with van der Waals surface area (Å²) in [5.41, 5.74) is 0.835. The molecule has 1 saturated heterocycles. The molecule has 1 unspecified atom stereocenters. The molecule has 7 nitrogen and oxygen atoms in total. The van der Waals surface area contributed by atoms with Crippen LogP contribution in [-0.2, 0) is 11.3 Å². The number of hydrogen-bond acceptors (Lipinski definition) is 5. The van der Waals surface area contributed by atoms with Crippen LogP contribution in [0.5, 0.6) is 0 Å². The quantitative estimate of drug-likeness (QED) is 0.926. The van der Waals surface area contributed by atoms with Crippen LogP contribution in [0.25, 0.3) is 0 Å². The normalized spacial score (nSPS) is 17.5. The summed E-state index contributed by atoms with van der Waals surface area (Å²) >= 11 is 0. The van der Waals surface area contributed by atoms with Gasteiger partial charge in [0, 0.05) is 19.0 Å². The predicted molar refractivity (Wildman–Crippen MR) is 83.6 cm³/mol. The molecule has 0 radical (unpaired) electrons. The lowest BCUT2D eigenvalue weighted by atomic mass is 9.94. The molecule has 1 aliphatic heterocycles. The zero-order valence-electron chi connectivity index (χ0n) is 13.1. The number of nitrogens with zero attached hydrogens (tertiary/aromatic N) is 2. The summed E-state index contributed by atoms with van der Waals surface area (Å²) in [4.78, 5) is 28.7. The van der Waals surface area contributed by atoms with E-state index in [1.807, 2.05) is 30.3 Å². The van der Waals surface area contributed by atoms with E-state index in [2.05, 4.69) is 4.98 Å². The Morgan fingerprint density at radius 1 is 1.33 bits per heavy atom. The van der Waals surface area contributed by atoms with E-state index in [0.717, 1.165) is 24.8 Å². The third kappa shape index (κ3) is 3.56. The van der Waals surface area contributed by atoms with Crippen molar-refractivity contribution in [2.45, 2.75) is 25.4 Å². The first-order valence-electron chi connectivity index (χ1n) is 7.77. The van der Waals surface area contributed by atoms with Gasteiger partial charge in [-0.15, -0.1) is 0 Å². The van der Waals surface area contributed by atoms with Crippen molar-refractivity contribution >= 4 is 12.1 Å². The first-order valence-corrected chi connectivity index (χ1v) is 7.77. The first kappa shape index (κ1) is 16.0. The summed E-state index contributed by atoms with van der Waals surface area (Å²) in [6.45, 7) is 1.16. The van der Waals surface area contributed by atoms with Gasteiger partial charge in [0.25, 0.3) is 0 Å². The summed E-state index contributed by atoms with van der Waals surface area (Å²) in [6.07, 6.45) is 2.23. The zero-order chi connectivity index (χ0) is 16.9. The van der Waals surface area contributed by atoms with Crippen LogP contribution in [0.15, 0.2) is 41.1 Å². The number of carbonyl (C=O) groups is 2. The van der Waals surface area contributed by atoms with E-state index in [0.29, 0.717) is 18.8 Å². The predicted octanol–water partition coefficient (Wildman–Crippen LogP) is 2.89. The van der Waals surface area contributed by atoms with Crippen molar-refractivity contribution in [3.05, 3.63) is 53.7 Å². The Kier molecular flexibility index (Phi) is 4.79. The fourth-order valence-corrected chi connectivity index (χ4v) is 2.87. The molecular formula is C17H18N2O5. The molecule has 24 heavy (non-hydrogen) atoms. The number of likely N-dealkylation sites (tertiary alicyclic amines) is 1. The molecule has 0 aliphatic carbocycles. The van der Waals surface area contributed by atoms with Crippen molar-refractivity contribution in [2.24, 2.45) is 0 Å². The average molecular weight is 330 g/mol. The standard InChI is InChI=1S/C17H18N2O5/c20-16(21)14-15(24-11-18-14)13-7-4-8-19(9-13)17(22)23-10-12-5-2-1-3-6-12/h1-3,5-6,11,13H,4,7-10H2,(H,20,21). The number of carboxylic acids is 1. The molecule has 2 aromatic rings. The van der Waals surface area contributed by atoms with Crippen molar-refractivity contribution in [3.8, 4) is 0 Å². The van der Waals surface area contributed by atoms with Crippen molar-refractivity contribution in [3.63, 3.8) is 0 Å². The SMILES string of the molecule is O=C(O)c1ncoc1C1CCCN(C(=O)OCc2ccccc2)C1. The maximum Gasteiger partial charge on any atom is 0.410 e. The molecule has 1 aliphatic rings. The molecule has 1 fully saturated rings. The van der Waals surface area contributed by atoms with Crippen LogP contribution < -0.4 is 0 Å². The number of aromatic nitrogens is 1. The van der Waals surface area contributed by atoms with Gasteiger partial charge in [0.15, 0.2) is 12.1 Å². The second-order valence-corrected chi connectivity index (χ2v) is 5.70. The van der Waals surface area contributed by atoms with Crippen LogP contribution in [0.4, 0.5) is 4.79 Å². The summed E-state index contributed by atoms with van der Waals surface area (Å²) < 4.78 is 10.6. The number of benzene rings is 1. The topological polar surface area (TPSA) is 92.9 Å². The van der Waals surface area contributed by atoms with Gasteiger partial charge in [-0.3, -0.25) is 0 Å². The molecule has 1 atom stereocenters. The van der Waals surface area contributed by atoms with Gasteiger partial charge in [-0.05, 0) is 18.4 Å². The fourth-order valence-electron chi connectivity index (χ4n) is 2.87. The second kappa shape index (κ2) is 7.16. The third-order valence-electron chi connectivity index (χ3n) is 4.05. The molecule has 2 heterocycles. The molecule has 1 aromatic heterocycles. The number of aromatic carboxylic acids is 1. The Hall–Kier alpha value is -2.83. The van der Waals surface area contributed by atoms with E-state index in [-0.39, 0.29) is 18.2 Å². The van der Waals surface area contributed by atoms with Crippen molar-refractivity contribution < 1.29 is 23.8 Å². The molecule has 3 rings (SSSR count). The van der Waals surface area contributed by atoms with E-state index in [4.69, 9.17) is 14.3 Å². The van der Waals surface area contributed by atoms with E-state index < -0.39 is 12.1 Å². The number of carboxylic acid groups (broad SMARTS) is 1. The largest absolute Gasteiger partial charge is 0.476 e. The number of amides is 1. The first-order chi connectivity index (χ1) is 11.6. The lowest BCUT2D eigenvalue weighted by molar-refractivity contribution is 0.0685. The molecule has 1 N–H and O–H groups in total. The van der Waals surface area contributed by atoms with Crippen LogP contribution in [0.1, 0.15) is 40.6 Å². The Bertz CT molecular complexity index is 713. The van der Waals surface area contributed by atoms with Gasteiger partial charge in [-0.2, -0.15) is 0 Å². The van der Waals surface area contributed by atoms with Crippen LogP contribution in [-0.4, -0.2) is 40.1 Å². The van der Waals surface area contributed by atoms with Gasteiger partial charge in [-0.1, -0.05) is 30.3 Å². The highest BCUT2D eigenvalue weighted by Crippen LogP contribution is 2.29. The Labute approximate surface area is 138 Å². The van der Waals surface area contributed by atoms with Crippen molar-refractivity contribution in [2.75, 3.05) is 13.1 Å². The second-order valence-electron chi connectivity index (χ2n) is 5.70. The minimum atomic E-state index is -1.12. The van der Waals surface area contributed by atoms with Crippen LogP contribution in [0.2, 0.25) is 0 Å². The van der Waals surface area contributed by atoms with Crippen molar-refractivity contribution in [1.82, 2.24) is 9.88 Å². The van der Waals surface area contributed by atoms with E-state index >= 15 is 0 Å². The van der Waals surface area contributed by atoms with Crippen LogP contribution in [0, 0.1) is 0 Å². The Balaban J connectivity index is 1.61. The van der Waals surface area contributed by atoms with Gasteiger partial charge < -0.3 is 19.2 Å². The zero-order valence-corrected chi connectivity index (χ0v) is 13.1. The lowest BCUT2D eigenvalue weighted by Gasteiger charge is -2.31. The number of hydrogen-bond donors (Lipinski definition) is 1. The summed E-state index contributed by atoms with van der Waals surface area (Å²) in [7, 11) is 0. The maximum atomic E-state index is 12.2. The van der Waals surface area contributed by atoms with Gasteiger partial charge >= 0.3 is 12.1 Å². The molecule has 1 amide bonds. The molecule has 1 aromatic carbocycles. The van der Waals surface area contributed by atoms with Gasteiger partial charge in [-0.25, -0.2) is 14.6 Å². The monoisotopic (exact) mass is 330 g/mol. The van der Waals surface area contributed by atoms with Crippen molar-refractivity contribution in [1.29, 1.82) is 0 Å². The fraction of sp³-hybridized carbons (Fsp3) is 0.353. The highest BCUT2D eigenvalue weighted by molar-refractivity contribution is 5.86. The minimum absolute atomic E-state index is 0.0838. The minimum Gasteiger partial charge on any atom is -0.476 e. The molecule has 0 saturated carbocycles. The maximum absolute atomic E-state index is 12.2. The highest BCUT2D eigenvalue weighted by Gasteiger charge is 2.31. The van der Waals surface area contributed by atoms with E-state index in [1.165, 1.54) is 0 Å². The molecule has 0 bridgehead atoms. The van der Waals surface area contributed by atoms with Gasteiger partial charge in [0.2, 0.25) is 0 Å². The number of carbonyl (C=O) groups excluding carboxylic acids is 1. The number of rotatable bonds is 4. The van der Waals surface area contributed by atoms with Crippen LogP contribution in [0.3, 0.4) is 0 Å². The third-order valence-corrected chi connectivity index (χ3v) is 4.05. The Morgan fingerprint density at radius 3 is 2.88 bits per heavy atom. The summed E-state index contributed by atoms with van der Waals surface area (Å²) in [6, 6.07) is 9.45. The molecule has 7 heteroatoms. The smallest absolute Gasteiger partial charge is 0.410 e. The van der Waals surface area contributed by atoms with Gasteiger partial charge in [0.1, 0.15) is 12.4 Å². The summed E-state index contributed by atoms with van der Waals surface area (Å²) in [5.74, 6) is -0.984.